The van der Waals surface area contributed by atoms with Gasteiger partial charge in [0, 0.05) is 24.8 Å². The molecular formula is C11H18N4O. The van der Waals surface area contributed by atoms with E-state index in [-0.39, 0.29) is 11.4 Å². The van der Waals surface area contributed by atoms with E-state index in [0.29, 0.717) is 5.69 Å². The molecule has 0 aliphatic carbocycles. The zero-order chi connectivity index (χ0) is 11.6. The number of hydrogen-bond donors (Lipinski definition) is 2. The summed E-state index contributed by atoms with van der Waals surface area (Å²) >= 11 is 0. The number of hydrogen-bond acceptors (Lipinski definition) is 3. The highest BCUT2D eigenvalue weighted by Crippen LogP contribution is 2.21. The Morgan fingerprint density at radius 1 is 1.56 bits per heavy atom. The van der Waals surface area contributed by atoms with E-state index in [0.717, 1.165) is 25.9 Å². The number of aromatic nitrogens is 2. The molecule has 0 atom stereocenters. The molecule has 0 radical (unpaired) electrons. The average molecular weight is 222 g/mol. The molecule has 2 rings (SSSR count). The Morgan fingerprint density at radius 3 is 2.75 bits per heavy atom. The van der Waals surface area contributed by atoms with Crippen molar-refractivity contribution in [1.82, 2.24) is 20.4 Å². The average Bonchev–Trinajstić information content (AvgIpc) is 2.83. The topological polar surface area (TPSA) is 61.0 Å². The number of nitrogens with one attached hydrogen (secondary N) is 2. The van der Waals surface area contributed by atoms with E-state index < -0.39 is 0 Å². The van der Waals surface area contributed by atoms with Gasteiger partial charge in [-0.2, -0.15) is 5.10 Å². The van der Waals surface area contributed by atoms with Gasteiger partial charge < -0.3 is 10.2 Å². The maximum absolute atomic E-state index is 12.0. The van der Waals surface area contributed by atoms with Crippen molar-refractivity contribution in [3.63, 3.8) is 0 Å². The van der Waals surface area contributed by atoms with Crippen LogP contribution in [0.3, 0.4) is 0 Å². The number of H-pyrrole nitrogens is 1. The van der Waals surface area contributed by atoms with Crippen LogP contribution in [-0.4, -0.2) is 46.7 Å². The Balaban J connectivity index is 1.97. The molecule has 0 saturated carbocycles. The third-order valence-electron chi connectivity index (χ3n) is 3.49. The number of nitrogens with zero attached hydrogens (tertiary/aromatic N) is 2. The molecule has 1 amide bonds. The van der Waals surface area contributed by atoms with Gasteiger partial charge in [0.15, 0.2) is 0 Å². The van der Waals surface area contributed by atoms with Gasteiger partial charge in [0.2, 0.25) is 0 Å². The lowest BCUT2D eigenvalue weighted by Gasteiger charge is -2.39. The maximum Gasteiger partial charge on any atom is 0.271 e. The second-order valence-corrected chi connectivity index (χ2v) is 4.57. The molecule has 0 aromatic carbocycles. The van der Waals surface area contributed by atoms with Gasteiger partial charge >= 0.3 is 0 Å². The molecule has 0 spiro atoms. The van der Waals surface area contributed by atoms with Crippen molar-refractivity contribution in [3.8, 4) is 0 Å². The predicted molar refractivity (Wildman–Crippen MR) is 61.2 cm³/mol. The minimum Gasteiger partial charge on any atom is -0.337 e. The first-order chi connectivity index (χ1) is 7.64. The molecule has 1 aromatic rings. The fraction of sp³-hybridized carbons (Fsp3) is 0.636. The molecule has 1 aliphatic heterocycles. The van der Waals surface area contributed by atoms with Crippen molar-refractivity contribution in [2.75, 3.05) is 20.1 Å². The summed E-state index contributed by atoms with van der Waals surface area (Å²) in [5.74, 6) is 0.0515. The molecule has 1 aliphatic rings. The van der Waals surface area contributed by atoms with Gasteiger partial charge in [-0.25, -0.2) is 0 Å². The van der Waals surface area contributed by atoms with Gasteiger partial charge in [-0.05, 0) is 32.9 Å². The van der Waals surface area contributed by atoms with E-state index >= 15 is 0 Å². The zero-order valence-corrected chi connectivity index (χ0v) is 9.79. The fourth-order valence-electron chi connectivity index (χ4n) is 2.00. The SMILES string of the molecule is CNC1(C)CCN(C(=O)c2ccn[nH]2)CC1. The Hall–Kier alpha value is -1.36. The molecule has 2 N–H and O–H groups in total. The number of rotatable bonds is 2. The van der Waals surface area contributed by atoms with E-state index in [4.69, 9.17) is 0 Å². The van der Waals surface area contributed by atoms with Crippen LogP contribution in [-0.2, 0) is 0 Å². The van der Waals surface area contributed by atoms with E-state index in [2.05, 4.69) is 22.4 Å². The molecule has 88 valence electrons. The second-order valence-electron chi connectivity index (χ2n) is 4.57. The molecule has 16 heavy (non-hydrogen) atoms. The smallest absolute Gasteiger partial charge is 0.271 e. The number of likely N-dealkylation sites (tertiary alicyclic amines) is 1. The van der Waals surface area contributed by atoms with Crippen LogP contribution in [0.1, 0.15) is 30.3 Å². The standard InChI is InChI=1S/C11H18N4O/c1-11(12-2)4-7-15(8-5-11)10(16)9-3-6-13-14-9/h3,6,12H,4-5,7-8H2,1-2H3,(H,13,14). The summed E-state index contributed by atoms with van der Waals surface area (Å²) < 4.78 is 0. The Morgan fingerprint density at radius 2 is 2.25 bits per heavy atom. The summed E-state index contributed by atoms with van der Waals surface area (Å²) in [5.41, 5.74) is 0.748. The lowest BCUT2D eigenvalue weighted by atomic mass is 9.90. The monoisotopic (exact) mass is 222 g/mol. The van der Waals surface area contributed by atoms with E-state index in [9.17, 15) is 4.79 Å². The number of aromatic amines is 1. The minimum absolute atomic E-state index is 0.0515. The Labute approximate surface area is 95.2 Å². The largest absolute Gasteiger partial charge is 0.337 e. The molecule has 1 aromatic heterocycles. The first kappa shape index (κ1) is 11.1. The third kappa shape index (κ3) is 2.09. The highest BCUT2D eigenvalue weighted by Gasteiger charge is 2.30. The molecule has 2 heterocycles. The van der Waals surface area contributed by atoms with Gasteiger partial charge in [0.1, 0.15) is 5.69 Å². The van der Waals surface area contributed by atoms with Gasteiger partial charge in [0.25, 0.3) is 5.91 Å². The van der Waals surface area contributed by atoms with Crippen molar-refractivity contribution >= 4 is 5.91 Å². The molecule has 5 nitrogen and oxygen atoms in total. The quantitative estimate of drug-likeness (QED) is 0.771. The first-order valence-electron chi connectivity index (χ1n) is 5.62. The van der Waals surface area contributed by atoms with Crippen LogP contribution >= 0.6 is 0 Å². The molecule has 0 unspecified atom stereocenters. The lowest BCUT2D eigenvalue weighted by molar-refractivity contribution is 0.0656. The van der Waals surface area contributed by atoms with Crippen LogP contribution < -0.4 is 5.32 Å². The van der Waals surface area contributed by atoms with Crippen molar-refractivity contribution in [1.29, 1.82) is 0 Å². The van der Waals surface area contributed by atoms with Crippen molar-refractivity contribution in [2.24, 2.45) is 0 Å². The zero-order valence-electron chi connectivity index (χ0n) is 9.79. The van der Waals surface area contributed by atoms with Gasteiger partial charge in [-0.15, -0.1) is 0 Å². The van der Waals surface area contributed by atoms with Crippen LogP contribution in [0.4, 0.5) is 0 Å². The summed E-state index contributed by atoms with van der Waals surface area (Å²) in [6.45, 7) is 3.80. The highest BCUT2D eigenvalue weighted by molar-refractivity contribution is 5.92. The van der Waals surface area contributed by atoms with Crippen LogP contribution in [0.5, 0.6) is 0 Å². The van der Waals surface area contributed by atoms with Crippen molar-refractivity contribution < 1.29 is 4.79 Å². The van der Waals surface area contributed by atoms with Crippen molar-refractivity contribution in [2.45, 2.75) is 25.3 Å². The summed E-state index contributed by atoms with van der Waals surface area (Å²) in [6.07, 6.45) is 3.58. The molecule has 0 bridgehead atoms. The number of piperidine rings is 1. The number of carbonyl (C=O) groups is 1. The normalized spacial score (nSPS) is 19.8. The van der Waals surface area contributed by atoms with Crippen LogP contribution in [0.15, 0.2) is 12.3 Å². The van der Waals surface area contributed by atoms with Crippen LogP contribution in [0, 0.1) is 0 Å². The van der Waals surface area contributed by atoms with Crippen LogP contribution in [0.25, 0.3) is 0 Å². The first-order valence-corrected chi connectivity index (χ1v) is 5.62. The molecule has 1 saturated heterocycles. The Kier molecular flexibility index (Phi) is 2.96. The van der Waals surface area contributed by atoms with Crippen molar-refractivity contribution in [3.05, 3.63) is 18.0 Å². The van der Waals surface area contributed by atoms with Gasteiger partial charge in [-0.3, -0.25) is 9.89 Å². The number of carbonyl (C=O) groups excluding carboxylic acids is 1. The van der Waals surface area contributed by atoms with Crippen LogP contribution in [0.2, 0.25) is 0 Å². The van der Waals surface area contributed by atoms with E-state index in [1.807, 2.05) is 11.9 Å². The third-order valence-corrected chi connectivity index (χ3v) is 3.49. The Bertz CT molecular complexity index is 352. The summed E-state index contributed by atoms with van der Waals surface area (Å²) in [4.78, 5) is 13.9. The van der Waals surface area contributed by atoms with E-state index in [1.54, 1.807) is 12.3 Å². The molecule has 5 heteroatoms. The van der Waals surface area contributed by atoms with Gasteiger partial charge in [0.05, 0.1) is 0 Å². The molecule has 1 fully saturated rings. The minimum atomic E-state index is 0.0515. The summed E-state index contributed by atoms with van der Waals surface area (Å²) in [7, 11) is 1.98. The highest BCUT2D eigenvalue weighted by atomic mass is 16.2. The summed E-state index contributed by atoms with van der Waals surface area (Å²) in [5, 5.41) is 9.83. The second kappa shape index (κ2) is 4.25. The lowest BCUT2D eigenvalue weighted by Crippen LogP contribution is -2.51. The molecular weight excluding hydrogens is 204 g/mol. The predicted octanol–water partition coefficient (Wildman–Crippen LogP) is 0.624. The number of amides is 1. The fourth-order valence-corrected chi connectivity index (χ4v) is 2.00. The maximum atomic E-state index is 12.0. The van der Waals surface area contributed by atoms with E-state index in [1.165, 1.54) is 0 Å². The van der Waals surface area contributed by atoms with Gasteiger partial charge in [-0.1, -0.05) is 0 Å². The summed E-state index contributed by atoms with van der Waals surface area (Å²) in [6, 6.07) is 1.72.